The third kappa shape index (κ3) is 7.98. The predicted molar refractivity (Wildman–Crippen MR) is 144 cm³/mol. The van der Waals surface area contributed by atoms with Crippen molar-refractivity contribution >= 4 is 41.7 Å². The van der Waals surface area contributed by atoms with E-state index in [1.165, 1.54) is 25.7 Å². The van der Waals surface area contributed by atoms with Crippen LogP contribution in [0.1, 0.15) is 57.4 Å². The molecule has 1 aliphatic carbocycles. The van der Waals surface area contributed by atoms with Crippen LogP contribution in [0.25, 0.3) is 0 Å². The third-order valence-corrected chi connectivity index (χ3v) is 6.94. The number of nitrogens with one attached hydrogen (secondary N) is 2. The van der Waals surface area contributed by atoms with Gasteiger partial charge in [0.25, 0.3) is 0 Å². The SMILES string of the molecule is CCOCCC1(CNC(=NC)NCc2cccnc2N2CCCC(C(N)=O)C2)CCCC1.I. The van der Waals surface area contributed by atoms with Gasteiger partial charge >= 0.3 is 0 Å². The van der Waals surface area contributed by atoms with Crippen molar-refractivity contribution in [1.82, 2.24) is 15.6 Å². The van der Waals surface area contributed by atoms with Crippen molar-refractivity contribution in [3.8, 4) is 0 Å². The zero-order valence-corrected chi connectivity index (χ0v) is 22.5. The molecule has 0 bridgehead atoms. The minimum Gasteiger partial charge on any atom is -0.382 e. The largest absolute Gasteiger partial charge is 0.382 e. The van der Waals surface area contributed by atoms with Crippen molar-refractivity contribution < 1.29 is 9.53 Å². The van der Waals surface area contributed by atoms with Crippen LogP contribution >= 0.6 is 24.0 Å². The van der Waals surface area contributed by atoms with Gasteiger partial charge in [0.1, 0.15) is 5.82 Å². The predicted octanol–water partition coefficient (Wildman–Crippen LogP) is 3.05. The van der Waals surface area contributed by atoms with Gasteiger partial charge in [-0.15, -0.1) is 24.0 Å². The molecule has 9 heteroatoms. The lowest BCUT2D eigenvalue weighted by atomic mass is 9.83. The van der Waals surface area contributed by atoms with Crippen molar-refractivity contribution in [2.45, 2.75) is 58.4 Å². The first-order valence-corrected chi connectivity index (χ1v) is 12.1. The minimum absolute atomic E-state index is 0. The van der Waals surface area contributed by atoms with E-state index in [1.54, 1.807) is 0 Å². The summed E-state index contributed by atoms with van der Waals surface area (Å²) in [6, 6.07) is 4.03. The number of piperidine rings is 1. The average Bonchev–Trinajstić information content (AvgIpc) is 3.28. The molecule has 1 atom stereocenters. The summed E-state index contributed by atoms with van der Waals surface area (Å²) in [4.78, 5) is 22.9. The molecule has 2 aliphatic rings. The smallest absolute Gasteiger partial charge is 0.222 e. The number of anilines is 1. The summed E-state index contributed by atoms with van der Waals surface area (Å²) in [6.07, 6.45) is 9.77. The highest BCUT2D eigenvalue weighted by Crippen LogP contribution is 2.40. The van der Waals surface area contributed by atoms with Gasteiger partial charge < -0.3 is 26.0 Å². The van der Waals surface area contributed by atoms with Gasteiger partial charge in [-0.2, -0.15) is 0 Å². The van der Waals surface area contributed by atoms with E-state index in [1.807, 2.05) is 19.3 Å². The van der Waals surface area contributed by atoms with E-state index in [0.717, 1.165) is 62.9 Å². The molecule has 186 valence electrons. The summed E-state index contributed by atoms with van der Waals surface area (Å²) in [6.45, 7) is 6.70. The molecule has 1 saturated heterocycles. The number of carbonyl (C=O) groups is 1. The Morgan fingerprint density at radius 3 is 2.82 bits per heavy atom. The number of aliphatic imine (C=N–C) groups is 1. The second kappa shape index (κ2) is 13.9. The third-order valence-electron chi connectivity index (χ3n) is 6.94. The lowest BCUT2D eigenvalue weighted by Crippen LogP contribution is -2.44. The number of ether oxygens (including phenoxy) is 1. The second-order valence-electron chi connectivity index (χ2n) is 9.11. The number of aromatic nitrogens is 1. The normalized spacial score (nSPS) is 20.2. The summed E-state index contributed by atoms with van der Waals surface area (Å²) >= 11 is 0. The molecule has 1 aliphatic heterocycles. The number of guanidine groups is 1. The van der Waals surface area contributed by atoms with Gasteiger partial charge in [0.2, 0.25) is 5.91 Å². The molecule has 1 aromatic rings. The van der Waals surface area contributed by atoms with Crippen LogP contribution in [0.5, 0.6) is 0 Å². The van der Waals surface area contributed by atoms with Gasteiger partial charge in [0.05, 0.1) is 5.92 Å². The fourth-order valence-electron chi connectivity index (χ4n) is 5.00. The number of pyridine rings is 1. The van der Waals surface area contributed by atoms with E-state index in [0.29, 0.717) is 18.5 Å². The highest BCUT2D eigenvalue weighted by atomic mass is 127. The number of rotatable bonds is 10. The summed E-state index contributed by atoms with van der Waals surface area (Å²) in [5.74, 6) is 1.39. The molecule has 8 nitrogen and oxygen atoms in total. The average molecular weight is 573 g/mol. The number of nitrogens with zero attached hydrogens (tertiary/aromatic N) is 3. The Bertz CT molecular complexity index is 769. The van der Waals surface area contributed by atoms with Gasteiger partial charge in [-0.25, -0.2) is 4.98 Å². The first-order chi connectivity index (χ1) is 15.6. The molecular formula is C24H41IN6O2. The lowest BCUT2D eigenvalue weighted by molar-refractivity contribution is -0.122. The maximum absolute atomic E-state index is 11.7. The number of halogens is 1. The van der Waals surface area contributed by atoms with E-state index in [-0.39, 0.29) is 35.8 Å². The minimum atomic E-state index is -0.222. The van der Waals surface area contributed by atoms with E-state index >= 15 is 0 Å². The Hall–Kier alpha value is -1.62. The van der Waals surface area contributed by atoms with Gasteiger partial charge in [0, 0.05) is 58.2 Å². The van der Waals surface area contributed by atoms with Crippen LogP contribution in [-0.4, -0.2) is 56.7 Å². The summed E-state index contributed by atoms with van der Waals surface area (Å²) in [5.41, 5.74) is 6.95. The van der Waals surface area contributed by atoms with E-state index < -0.39 is 0 Å². The molecule has 1 aromatic heterocycles. The zero-order chi connectivity index (χ0) is 22.8. The maximum Gasteiger partial charge on any atom is 0.222 e. The van der Waals surface area contributed by atoms with Crippen molar-refractivity contribution in [3.63, 3.8) is 0 Å². The fourth-order valence-corrected chi connectivity index (χ4v) is 5.00. The van der Waals surface area contributed by atoms with E-state index in [9.17, 15) is 4.79 Å². The molecule has 0 radical (unpaired) electrons. The number of amides is 1. The van der Waals surface area contributed by atoms with Crippen LogP contribution in [0, 0.1) is 11.3 Å². The van der Waals surface area contributed by atoms with Crippen molar-refractivity contribution in [2.24, 2.45) is 22.1 Å². The summed E-state index contributed by atoms with van der Waals surface area (Å²) < 4.78 is 5.64. The maximum atomic E-state index is 11.7. The quantitative estimate of drug-likeness (QED) is 0.172. The molecule has 4 N–H and O–H groups in total. The number of nitrogens with two attached hydrogens (primary N) is 1. The molecule has 1 unspecified atom stereocenters. The second-order valence-corrected chi connectivity index (χ2v) is 9.11. The van der Waals surface area contributed by atoms with Crippen LogP contribution in [0.15, 0.2) is 23.3 Å². The van der Waals surface area contributed by atoms with Gasteiger partial charge in [-0.1, -0.05) is 18.9 Å². The van der Waals surface area contributed by atoms with Crippen molar-refractivity contribution in [3.05, 3.63) is 23.9 Å². The molecule has 0 aromatic carbocycles. The van der Waals surface area contributed by atoms with Crippen LogP contribution < -0.4 is 21.3 Å². The molecule has 1 saturated carbocycles. The molecule has 33 heavy (non-hydrogen) atoms. The lowest BCUT2D eigenvalue weighted by Gasteiger charge is -2.33. The van der Waals surface area contributed by atoms with Crippen LogP contribution in [-0.2, 0) is 16.1 Å². The number of carbonyl (C=O) groups excluding carboxylic acids is 1. The monoisotopic (exact) mass is 572 g/mol. The Morgan fingerprint density at radius 1 is 1.33 bits per heavy atom. The van der Waals surface area contributed by atoms with E-state index in [2.05, 4.69) is 38.5 Å². The van der Waals surface area contributed by atoms with E-state index in [4.69, 9.17) is 10.5 Å². The molecule has 0 spiro atoms. The molecule has 1 amide bonds. The molecule has 2 fully saturated rings. The Balaban J connectivity index is 0.00000385. The highest BCUT2D eigenvalue weighted by molar-refractivity contribution is 14.0. The van der Waals surface area contributed by atoms with Crippen LogP contribution in [0.2, 0.25) is 0 Å². The van der Waals surface area contributed by atoms with Gasteiger partial charge in [0.15, 0.2) is 5.96 Å². The van der Waals surface area contributed by atoms with Crippen LogP contribution in [0.3, 0.4) is 0 Å². The Morgan fingerprint density at radius 2 is 2.12 bits per heavy atom. The molecule has 2 heterocycles. The Labute approximate surface area is 215 Å². The van der Waals surface area contributed by atoms with Crippen LogP contribution in [0.4, 0.5) is 5.82 Å². The number of hydrogen-bond acceptors (Lipinski definition) is 5. The summed E-state index contributed by atoms with van der Waals surface area (Å²) in [7, 11) is 1.81. The zero-order valence-electron chi connectivity index (χ0n) is 20.1. The standard InChI is InChI=1S/C24H40N6O2.HI/c1-3-32-15-12-24(10-4-5-11-24)18-29-23(26-2)28-16-19-8-6-13-27-22(19)30-14-7-9-20(17-30)21(25)31;/h6,8,13,20H,3-5,7,9-12,14-18H2,1-2H3,(H2,25,31)(H2,26,28,29);1H. The topological polar surface area (TPSA) is 105 Å². The number of hydrogen-bond donors (Lipinski definition) is 3. The first kappa shape index (κ1) is 27.6. The first-order valence-electron chi connectivity index (χ1n) is 12.1. The molecular weight excluding hydrogens is 531 g/mol. The van der Waals surface area contributed by atoms with Crippen molar-refractivity contribution in [1.29, 1.82) is 0 Å². The fraction of sp³-hybridized carbons (Fsp3) is 0.708. The summed E-state index contributed by atoms with van der Waals surface area (Å²) in [5, 5.41) is 7.02. The van der Waals surface area contributed by atoms with Gasteiger partial charge in [-0.05, 0) is 50.5 Å². The highest BCUT2D eigenvalue weighted by Gasteiger charge is 2.33. The Kier molecular flexibility index (Phi) is 11.7. The van der Waals surface area contributed by atoms with Gasteiger partial charge in [-0.3, -0.25) is 9.79 Å². The van der Waals surface area contributed by atoms with Crippen molar-refractivity contribution in [2.75, 3.05) is 44.8 Å². The molecule has 3 rings (SSSR count). The number of primary amides is 1.